The first-order valence-corrected chi connectivity index (χ1v) is 7.21. The minimum atomic E-state index is -0.0374. The van der Waals surface area contributed by atoms with E-state index >= 15 is 0 Å². The second-order valence-corrected chi connectivity index (χ2v) is 5.88. The molecule has 19 heavy (non-hydrogen) atoms. The van der Waals surface area contributed by atoms with Crippen molar-refractivity contribution in [3.63, 3.8) is 0 Å². The molecule has 4 nitrogen and oxygen atoms in total. The van der Waals surface area contributed by atoms with E-state index in [4.69, 9.17) is 11.6 Å². The molecule has 0 bridgehead atoms. The monoisotopic (exact) mass is 279 g/mol. The third-order valence-electron chi connectivity index (χ3n) is 3.87. The number of halogens is 1. The van der Waals surface area contributed by atoms with Gasteiger partial charge in [-0.05, 0) is 49.7 Å². The zero-order chi connectivity index (χ0) is 13.4. The fourth-order valence-corrected chi connectivity index (χ4v) is 2.73. The van der Waals surface area contributed by atoms with Crippen molar-refractivity contribution in [1.82, 2.24) is 10.3 Å². The lowest BCUT2D eigenvalue weighted by Gasteiger charge is -2.18. The Hall–Kier alpha value is -1.29. The van der Waals surface area contributed by atoms with Gasteiger partial charge in [0.25, 0.3) is 5.91 Å². The third kappa shape index (κ3) is 3.00. The van der Waals surface area contributed by atoms with Gasteiger partial charge in [-0.25, -0.2) is 4.98 Å². The van der Waals surface area contributed by atoms with E-state index in [0.717, 1.165) is 0 Å². The molecule has 2 fully saturated rings. The Morgan fingerprint density at radius 1 is 1.32 bits per heavy atom. The number of nitrogens with one attached hydrogen (secondary N) is 2. The molecule has 0 unspecified atom stereocenters. The summed E-state index contributed by atoms with van der Waals surface area (Å²) < 4.78 is 0. The Balaban J connectivity index is 1.73. The average Bonchev–Trinajstić information content (AvgIpc) is 3.28. The number of anilines is 1. The second-order valence-electron chi connectivity index (χ2n) is 5.49. The molecule has 2 aliphatic rings. The number of hydrogen-bond donors (Lipinski definition) is 2. The summed E-state index contributed by atoms with van der Waals surface area (Å²) in [7, 11) is 1.76. The van der Waals surface area contributed by atoms with E-state index in [1.165, 1.54) is 25.7 Å². The van der Waals surface area contributed by atoms with Crippen LogP contribution in [-0.4, -0.2) is 24.0 Å². The molecule has 3 rings (SSSR count). The lowest BCUT2D eigenvalue weighted by atomic mass is 10.1. The van der Waals surface area contributed by atoms with Crippen LogP contribution in [0.2, 0.25) is 5.15 Å². The Bertz CT molecular complexity index is 485. The van der Waals surface area contributed by atoms with Gasteiger partial charge in [-0.3, -0.25) is 4.79 Å². The van der Waals surface area contributed by atoms with Crippen LogP contribution in [0.3, 0.4) is 0 Å². The van der Waals surface area contributed by atoms with Crippen molar-refractivity contribution in [3.05, 3.63) is 22.8 Å². The maximum atomic E-state index is 12.3. The minimum Gasteiger partial charge on any atom is -0.373 e. The molecule has 0 aliphatic heterocycles. The van der Waals surface area contributed by atoms with Gasteiger partial charge in [-0.1, -0.05) is 11.6 Å². The van der Waals surface area contributed by atoms with Crippen molar-refractivity contribution in [3.8, 4) is 0 Å². The molecule has 0 radical (unpaired) electrons. The van der Waals surface area contributed by atoms with Gasteiger partial charge in [-0.15, -0.1) is 0 Å². The molecular formula is C14H18ClN3O. The Labute approximate surface area is 117 Å². The van der Waals surface area contributed by atoms with E-state index in [1.807, 2.05) is 0 Å². The van der Waals surface area contributed by atoms with E-state index in [1.54, 1.807) is 19.2 Å². The van der Waals surface area contributed by atoms with E-state index in [-0.39, 0.29) is 5.91 Å². The van der Waals surface area contributed by atoms with Crippen LogP contribution in [0.4, 0.5) is 5.82 Å². The Kier molecular flexibility index (Phi) is 3.35. The Morgan fingerprint density at radius 2 is 1.95 bits per heavy atom. The first-order valence-electron chi connectivity index (χ1n) is 6.83. The van der Waals surface area contributed by atoms with Gasteiger partial charge in [-0.2, -0.15) is 0 Å². The summed E-state index contributed by atoms with van der Waals surface area (Å²) in [4.78, 5) is 16.4. The van der Waals surface area contributed by atoms with Crippen molar-refractivity contribution in [2.24, 2.45) is 11.8 Å². The number of nitrogens with zero attached hydrogens (tertiary/aromatic N) is 1. The number of carbonyl (C=O) groups is 1. The average molecular weight is 280 g/mol. The molecule has 1 heterocycles. The highest BCUT2D eigenvalue weighted by atomic mass is 35.5. The van der Waals surface area contributed by atoms with Gasteiger partial charge in [0.15, 0.2) is 0 Å². The molecule has 0 saturated heterocycles. The van der Waals surface area contributed by atoms with E-state index < -0.39 is 0 Å². The highest BCUT2D eigenvalue weighted by molar-refractivity contribution is 6.29. The first-order chi connectivity index (χ1) is 9.17. The predicted molar refractivity (Wildman–Crippen MR) is 75.5 cm³/mol. The molecule has 0 aromatic carbocycles. The molecule has 1 aromatic heterocycles. The summed E-state index contributed by atoms with van der Waals surface area (Å²) in [6, 6.07) is 3.71. The van der Waals surface area contributed by atoms with E-state index in [9.17, 15) is 4.79 Å². The number of amides is 1. The van der Waals surface area contributed by atoms with Crippen LogP contribution in [0.1, 0.15) is 36.0 Å². The fraction of sp³-hybridized carbons (Fsp3) is 0.571. The summed E-state index contributed by atoms with van der Waals surface area (Å²) in [5, 5.41) is 6.43. The van der Waals surface area contributed by atoms with Gasteiger partial charge >= 0.3 is 0 Å². The summed E-state index contributed by atoms with van der Waals surface area (Å²) in [6.07, 6.45) is 5.00. The smallest absolute Gasteiger partial charge is 0.251 e. The van der Waals surface area contributed by atoms with Crippen LogP contribution in [0.15, 0.2) is 12.1 Å². The Morgan fingerprint density at radius 3 is 2.47 bits per heavy atom. The molecule has 2 saturated carbocycles. The lowest BCUT2D eigenvalue weighted by Crippen LogP contribution is -2.38. The number of pyridine rings is 1. The standard InChI is InChI=1S/C14H18ClN3O/c1-16-12-7-10(6-11(15)17-12)14(19)18-13(8-2-3-8)9-4-5-9/h6-9,13H,2-5H2,1H3,(H,16,17)(H,18,19). The summed E-state index contributed by atoms with van der Waals surface area (Å²) in [5.74, 6) is 1.96. The van der Waals surface area contributed by atoms with Gasteiger partial charge in [0.1, 0.15) is 11.0 Å². The number of carbonyl (C=O) groups excluding carboxylic acids is 1. The largest absolute Gasteiger partial charge is 0.373 e. The molecule has 1 aromatic rings. The molecular weight excluding hydrogens is 262 g/mol. The van der Waals surface area contributed by atoms with E-state index in [0.29, 0.717) is 34.4 Å². The number of aromatic nitrogens is 1. The zero-order valence-electron chi connectivity index (χ0n) is 10.9. The molecule has 2 aliphatic carbocycles. The summed E-state index contributed by atoms with van der Waals surface area (Å²) in [6.45, 7) is 0. The second kappa shape index (κ2) is 5.00. The van der Waals surface area contributed by atoms with Crippen LogP contribution < -0.4 is 10.6 Å². The normalized spacial score (nSPS) is 18.5. The number of rotatable bonds is 5. The van der Waals surface area contributed by atoms with E-state index in [2.05, 4.69) is 15.6 Å². The van der Waals surface area contributed by atoms with Crippen molar-refractivity contribution in [2.45, 2.75) is 31.7 Å². The molecule has 1 amide bonds. The van der Waals surface area contributed by atoms with Crippen molar-refractivity contribution >= 4 is 23.3 Å². The van der Waals surface area contributed by atoms with Crippen molar-refractivity contribution in [1.29, 1.82) is 0 Å². The van der Waals surface area contributed by atoms with Gasteiger partial charge < -0.3 is 10.6 Å². The fourth-order valence-electron chi connectivity index (χ4n) is 2.52. The SMILES string of the molecule is CNc1cc(C(=O)NC(C2CC2)C2CC2)cc(Cl)n1. The molecule has 5 heteroatoms. The molecule has 102 valence electrons. The van der Waals surface area contributed by atoms with Crippen LogP contribution in [0.25, 0.3) is 0 Å². The van der Waals surface area contributed by atoms with Crippen LogP contribution in [0, 0.1) is 11.8 Å². The zero-order valence-corrected chi connectivity index (χ0v) is 11.7. The first kappa shape index (κ1) is 12.7. The lowest BCUT2D eigenvalue weighted by molar-refractivity contribution is 0.0926. The van der Waals surface area contributed by atoms with Crippen LogP contribution >= 0.6 is 11.6 Å². The highest BCUT2D eigenvalue weighted by Crippen LogP contribution is 2.44. The topological polar surface area (TPSA) is 54.0 Å². The minimum absolute atomic E-state index is 0.0374. The predicted octanol–water partition coefficient (Wildman–Crippen LogP) is 2.70. The summed E-state index contributed by atoms with van der Waals surface area (Å²) in [5.41, 5.74) is 0.579. The quantitative estimate of drug-likeness (QED) is 0.815. The molecule has 2 N–H and O–H groups in total. The van der Waals surface area contributed by atoms with Crippen LogP contribution in [0.5, 0.6) is 0 Å². The van der Waals surface area contributed by atoms with Gasteiger partial charge in [0.2, 0.25) is 0 Å². The van der Waals surface area contributed by atoms with Crippen molar-refractivity contribution < 1.29 is 4.79 Å². The van der Waals surface area contributed by atoms with Crippen LogP contribution in [-0.2, 0) is 0 Å². The summed E-state index contributed by atoms with van der Waals surface area (Å²) >= 11 is 5.93. The molecule has 0 spiro atoms. The van der Waals surface area contributed by atoms with Gasteiger partial charge in [0, 0.05) is 18.7 Å². The molecule has 0 atom stereocenters. The highest BCUT2D eigenvalue weighted by Gasteiger charge is 2.42. The maximum absolute atomic E-state index is 12.3. The maximum Gasteiger partial charge on any atom is 0.251 e. The number of hydrogen-bond acceptors (Lipinski definition) is 3. The van der Waals surface area contributed by atoms with Gasteiger partial charge in [0.05, 0.1) is 0 Å². The van der Waals surface area contributed by atoms with Crippen molar-refractivity contribution in [2.75, 3.05) is 12.4 Å². The third-order valence-corrected chi connectivity index (χ3v) is 4.06.